The Labute approximate surface area is 451 Å². The zero-order valence-electron chi connectivity index (χ0n) is 43.4. The van der Waals surface area contributed by atoms with Crippen LogP contribution < -0.4 is 4.90 Å². The summed E-state index contributed by atoms with van der Waals surface area (Å²) in [6.07, 6.45) is 13.1. The summed E-state index contributed by atoms with van der Waals surface area (Å²) >= 11 is 0. The average molecular weight is 990 g/mol. The van der Waals surface area contributed by atoms with Gasteiger partial charge in [-0.15, -0.1) is 0 Å². The summed E-state index contributed by atoms with van der Waals surface area (Å²) in [4.78, 5) is 2.51. The van der Waals surface area contributed by atoms with Crippen molar-refractivity contribution in [1.29, 1.82) is 0 Å². The molecule has 0 radical (unpaired) electrons. The Morgan fingerprint density at radius 3 is 1.56 bits per heavy atom. The van der Waals surface area contributed by atoms with Crippen LogP contribution in [-0.4, -0.2) is 0 Å². The average Bonchev–Trinajstić information content (AvgIpc) is 4.13. The van der Waals surface area contributed by atoms with Crippen LogP contribution >= 0.6 is 0 Å². The van der Waals surface area contributed by atoms with Crippen molar-refractivity contribution >= 4 is 60.5 Å². The molecule has 0 aliphatic heterocycles. The molecule has 0 atom stereocenters. The van der Waals surface area contributed by atoms with Gasteiger partial charge in [-0.2, -0.15) is 0 Å². The Morgan fingerprint density at radius 2 is 0.870 bits per heavy atom. The van der Waals surface area contributed by atoms with Crippen LogP contribution in [0.4, 0.5) is 17.1 Å². The monoisotopic (exact) mass is 989 g/mol. The Morgan fingerprint density at radius 1 is 0.338 bits per heavy atom. The van der Waals surface area contributed by atoms with E-state index >= 15 is 0 Å². The molecule has 2 heteroatoms. The maximum atomic E-state index is 6.68. The second kappa shape index (κ2) is 17.8. The normalized spacial score (nSPS) is 15.8. The molecular weight excluding hydrogens is 931 g/mol. The zero-order valence-corrected chi connectivity index (χ0v) is 43.4. The van der Waals surface area contributed by atoms with E-state index < -0.39 is 5.41 Å². The van der Waals surface area contributed by atoms with Crippen molar-refractivity contribution in [2.24, 2.45) is 0 Å². The van der Waals surface area contributed by atoms with Gasteiger partial charge in [0.15, 0.2) is 0 Å². The maximum Gasteiger partial charge on any atom is 0.137 e. The SMILES string of the molecule is c1ccc2c(c1)-c1c(N(c3ccc(-c4ccc5cc(-c6ccc7ccccc7c6)ccc5c4)cc3)c3ccc4c(c3)oc3ccccc34)cccc1C21c2cc(C3CCCCC3)ccc2-c2ccc(C3CCCCC3)cc21. The van der Waals surface area contributed by atoms with Crippen LogP contribution in [-0.2, 0) is 5.41 Å². The zero-order chi connectivity index (χ0) is 50.6. The molecule has 4 aliphatic rings. The second-order valence-electron chi connectivity index (χ2n) is 22.8. The molecule has 0 bridgehead atoms. The van der Waals surface area contributed by atoms with Gasteiger partial charge in [-0.05, 0) is 186 Å². The van der Waals surface area contributed by atoms with Gasteiger partial charge in [-0.1, -0.05) is 202 Å². The Hall–Kier alpha value is -8.46. The molecule has 2 saturated carbocycles. The van der Waals surface area contributed by atoms with E-state index in [9.17, 15) is 0 Å². The number of anilines is 3. The quantitative estimate of drug-likeness (QED) is 0.158. The lowest BCUT2D eigenvalue weighted by Gasteiger charge is -2.33. The minimum atomic E-state index is -0.466. The molecule has 12 aromatic rings. The van der Waals surface area contributed by atoms with E-state index in [2.05, 4.69) is 229 Å². The lowest BCUT2D eigenvalue weighted by Crippen LogP contribution is -2.26. The minimum absolute atomic E-state index is 0.466. The second-order valence-corrected chi connectivity index (χ2v) is 22.8. The molecule has 0 unspecified atom stereocenters. The Bertz CT molecular complexity index is 4250. The van der Waals surface area contributed by atoms with Gasteiger partial charge >= 0.3 is 0 Å². The first-order valence-corrected chi connectivity index (χ1v) is 28.5. The molecule has 370 valence electrons. The molecule has 11 aromatic carbocycles. The Kier molecular flexibility index (Phi) is 10.4. The molecule has 0 N–H and O–H groups in total. The molecular formula is C75H59NO. The van der Waals surface area contributed by atoms with Gasteiger partial charge in [0, 0.05) is 33.8 Å². The molecule has 77 heavy (non-hydrogen) atoms. The maximum absolute atomic E-state index is 6.68. The van der Waals surface area contributed by atoms with Crippen LogP contribution in [0.5, 0.6) is 0 Å². The van der Waals surface area contributed by atoms with Crippen molar-refractivity contribution in [3.05, 3.63) is 258 Å². The number of fused-ring (bicyclic) bond motifs is 15. The number of furan rings is 1. The third-order valence-electron chi connectivity index (χ3n) is 18.6. The standard InChI is InChI=1S/C75H59NO/c1-3-14-48(15-4-1)58-34-39-62-63-40-35-59(49-16-5-2-6-17-49)46-70(63)75(69(62)45-58)67-22-11-9-21-66(67)74-68(75)23-13-24-71(74)76(61-38-41-65-64-20-10-12-25-72(64)77-73(65)47-61)60-36-32-51(33-37-60)53-28-29-56-44-57(31-30-55(56)43-53)54-27-26-50-18-7-8-19-52(50)42-54/h7-13,18-49H,1-6,14-17H2. The number of nitrogens with zero attached hydrogens (tertiary/aromatic N) is 1. The number of rotatable bonds is 7. The van der Waals surface area contributed by atoms with Crippen LogP contribution in [0.2, 0.25) is 0 Å². The largest absolute Gasteiger partial charge is 0.456 e. The summed E-state index contributed by atoms with van der Waals surface area (Å²) in [6.45, 7) is 0. The minimum Gasteiger partial charge on any atom is -0.456 e. The molecule has 2 fully saturated rings. The summed E-state index contributed by atoms with van der Waals surface area (Å²) in [7, 11) is 0. The first kappa shape index (κ1) is 44.8. The van der Waals surface area contributed by atoms with Crippen molar-refractivity contribution in [3.63, 3.8) is 0 Å². The third kappa shape index (κ3) is 7.07. The topological polar surface area (TPSA) is 16.4 Å². The highest BCUT2D eigenvalue weighted by atomic mass is 16.3. The molecule has 2 nitrogen and oxygen atoms in total. The van der Waals surface area contributed by atoms with Gasteiger partial charge < -0.3 is 9.32 Å². The number of hydrogen-bond donors (Lipinski definition) is 0. The van der Waals surface area contributed by atoms with Gasteiger partial charge in [0.05, 0.1) is 11.1 Å². The smallest absolute Gasteiger partial charge is 0.137 e. The lowest BCUT2D eigenvalue weighted by atomic mass is 9.69. The van der Waals surface area contributed by atoms with Crippen molar-refractivity contribution in [1.82, 2.24) is 0 Å². The van der Waals surface area contributed by atoms with E-state index in [0.717, 1.165) is 33.3 Å². The summed E-state index contributed by atoms with van der Waals surface area (Å²) in [6, 6.07) is 85.7. The van der Waals surface area contributed by atoms with Crippen LogP contribution in [0, 0.1) is 0 Å². The van der Waals surface area contributed by atoms with Crippen LogP contribution in [0.3, 0.4) is 0 Å². The fourth-order valence-electron chi connectivity index (χ4n) is 14.9. The van der Waals surface area contributed by atoms with Crippen molar-refractivity contribution in [2.45, 2.75) is 81.5 Å². The van der Waals surface area contributed by atoms with E-state index in [-0.39, 0.29) is 0 Å². The van der Waals surface area contributed by atoms with E-state index in [1.165, 1.54) is 169 Å². The van der Waals surface area contributed by atoms with E-state index in [1.807, 2.05) is 0 Å². The Balaban J connectivity index is 0.863. The first-order chi connectivity index (χ1) is 38.1. The van der Waals surface area contributed by atoms with Gasteiger partial charge in [0.2, 0.25) is 0 Å². The highest BCUT2D eigenvalue weighted by molar-refractivity contribution is 6.07. The summed E-state index contributed by atoms with van der Waals surface area (Å²) in [5.74, 6) is 1.20. The molecule has 1 spiro atoms. The van der Waals surface area contributed by atoms with Crippen molar-refractivity contribution in [3.8, 4) is 44.5 Å². The highest BCUT2D eigenvalue weighted by Gasteiger charge is 2.53. The fourth-order valence-corrected chi connectivity index (χ4v) is 14.9. The lowest BCUT2D eigenvalue weighted by molar-refractivity contribution is 0.443. The molecule has 0 amide bonds. The predicted octanol–water partition coefficient (Wildman–Crippen LogP) is 21.1. The fraction of sp³-hybridized carbons (Fsp3) is 0.173. The molecule has 4 aliphatic carbocycles. The third-order valence-corrected chi connectivity index (χ3v) is 18.6. The molecule has 1 aromatic heterocycles. The predicted molar refractivity (Wildman–Crippen MR) is 322 cm³/mol. The summed E-state index contributed by atoms with van der Waals surface area (Å²) < 4.78 is 6.68. The molecule has 0 saturated heterocycles. The van der Waals surface area contributed by atoms with E-state index in [4.69, 9.17) is 4.42 Å². The van der Waals surface area contributed by atoms with Crippen LogP contribution in [0.25, 0.3) is 88.0 Å². The van der Waals surface area contributed by atoms with Crippen molar-refractivity contribution < 1.29 is 4.42 Å². The van der Waals surface area contributed by atoms with Gasteiger partial charge in [0.1, 0.15) is 11.2 Å². The van der Waals surface area contributed by atoms with Gasteiger partial charge in [0.25, 0.3) is 0 Å². The van der Waals surface area contributed by atoms with E-state index in [0.29, 0.717) is 11.8 Å². The van der Waals surface area contributed by atoms with E-state index in [1.54, 1.807) is 0 Å². The van der Waals surface area contributed by atoms with Gasteiger partial charge in [-0.3, -0.25) is 0 Å². The number of para-hydroxylation sites is 1. The summed E-state index contributed by atoms with van der Waals surface area (Å²) in [5, 5.41) is 7.27. The van der Waals surface area contributed by atoms with Crippen LogP contribution in [0.1, 0.15) is 109 Å². The number of hydrogen-bond acceptors (Lipinski definition) is 2. The molecule has 16 rings (SSSR count). The highest BCUT2D eigenvalue weighted by Crippen LogP contribution is 2.65. The van der Waals surface area contributed by atoms with Gasteiger partial charge in [-0.25, -0.2) is 0 Å². The van der Waals surface area contributed by atoms with Crippen molar-refractivity contribution in [2.75, 3.05) is 4.90 Å². The first-order valence-electron chi connectivity index (χ1n) is 28.5. The van der Waals surface area contributed by atoms with Crippen LogP contribution in [0.15, 0.2) is 229 Å². The molecule has 1 heterocycles. The number of benzene rings is 11. The summed E-state index contributed by atoms with van der Waals surface area (Å²) in [5.41, 5.74) is 23.7.